The summed E-state index contributed by atoms with van der Waals surface area (Å²) >= 11 is 0. The molecule has 0 aromatic heterocycles. The van der Waals surface area contributed by atoms with E-state index in [4.69, 9.17) is 4.74 Å². The second-order valence-corrected chi connectivity index (χ2v) is 10.8. The summed E-state index contributed by atoms with van der Waals surface area (Å²) in [6, 6.07) is 7.30. The number of rotatable bonds is 6. The number of carbonyl (C=O) groups excluding carboxylic acids is 2. The number of ether oxygens (including phenoxy) is 1. The molecule has 0 bridgehead atoms. The molecule has 0 spiro atoms. The second kappa shape index (κ2) is 9.46. The first kappa shape index (κ1) is 25.2. The smallest absolute Gasteiger partial charge is 0.328 e. The van der Waals surface area contributed by atoms with Crippen LogP contribution in [0.2, 0.25) is 0 Å². The van der Waals surface area contributed by atoms with Crippen LogP contribution in [0, 0.1) is 5.82 Å². The number of sulfonamides is 1. The molecule has 34 heavy (non-hydrogen) atoms. The molecule has 3 rings (SSSR count). The lowest BCUT2D eigenvalue weighted by Crippen LogP contribution is -2.49. The van der Waals surface area contributed by atoms with E-state index in [1.807, 2.05) is 26.8 Å². The quantitative estimate of drug-likeness (QED) is 0.594. The maximum Gasteiger partial charge on any atom is 0.328 e. The van der Waals surface area contributed by atoms with E-state index in [9.17, 15) is 22.4 Å². The molecule has 2 aromatic rings. The van der Waals surface area contributed by atoms with Crippen LogP contribution >= 0.6 is 0 Å². The van der Waals surface area contributed by atoms with Crippen LogP contribution in [-0.4, -0.2) is 40.3 Å². The third-order valence-electron chi connectivity index (χ3n) is 5.22. The number of nitrogens with zero attached hydrogens (tertiary/aromatic N) is 1. The van der Waals surface area contributed by atoms with E-state index < -0.39 is 21.9 Å². The van der Waals surface area contributed by atoms with Crippen molar-refractivity contribution >= 4 is 45.5 Å². The maximum absolute atomic E-state index is 14.4. The summed E-state index contributed by atoms with van der Waals surface area (Å²) in [6.07, 6.45) is 4.55. The highest BCUT2D eigenvalue weighted by molar-refractivity contribution is 7.92. The Morgan fingerprint density at radius 1 is 1.15 bits per heavy atom. The highest BCUT2D eigenvalue weighted by Gasteiger charge is 2.28. The van der Waals surface area contributed by atoms with E-state index in [0.717, 1.165) is 11.8 Å². The molecule has 0 atom stereocenters. The lowest BCUT2D eigenvalue weighted by molar-refractivity contribution is -0.120. The molecule has 1 aliphatic rings. The number of amides is 3. The Labute approximate surface area is 198 Å². The molecule has 0 saturated carbocycles. The number of imide groups is 1. The van der Waals surface area contributed by atoms with Crippen molar-refractivity contribution in [3.05, 3.63) is 52.8 Å². The highest BCUT2D eigenvalue weighted by atomic mass is 32.2. The van der Waals surface area contributed by atoms with Gasteiger partial charge in [-0.15, -0.1) is 0 Å². The summed E-state index contributed by atoms with van der Waals surface area (Å²) in [7, 11) is -2.05. The van der Waals surface area contributed by atoms with Crippen molar-refractivity contribution in [2.24, 2.45) is 0 Å². The number of halogens is 1. The Balaban J connectivity index is 2.04. The summed E-state index contributed by atoms with van der Waals surface area (Å²) in [5.74, 6) is -0.420. The van der Waals surface area contributed by atoms with Crippen LogP contribution in [0.25, 0.3) is 12.2 Å². The standard InChI is InChI=1S/C24H28FN3O5S/c1-24(2,3)18-14-17(28-11-10-21(29)26-23(28)30)13-16(22(18)33-4)8-6-15-7-9-20(19(25)12-15)27-34(5,31)32/h6-9,12-14,27H,10-11H2,1-5H3,(H,26,29,30). The third kappa shape index (κ3) is 5.93. The molecule has 0 radical (unpaired) electrons. The first-order valence-corrected chi connectivity index (χ1v) is 12.5. The Morgan fingerprint density at radius 2 is 1.85 bits per heavy atom. The molecule has 8 nitrogen and oxygen atoms in total. The molecule has 0 aliphatic carbocycles. The summed E-state index contributed by atoms with van der Waals surface area (Å²) in [6.45, 7) is 6.31. The average molecular weight is 490 g/mol. The molecule has 1 heterocycles. The van der Waals surface area contributed by atoms with Crippen molar-refractivity contribution in [3.8, 4) is 5.75 Å². The lowest BCUT2D eigenvalue weighted by atomic mass is 9.84. The fourth-order valence-corrected chi connectivity index (χ4v) is 4.18. The number of urea groups is 1. The van der Waals surface area contributed by atoms with Crippen molar-refractivity contribution in [2.45, 2.75) is 32.6 Å². The Kier molecular flexibility index (Phi) is 7.02. The predicted molar refractivity (Wildman–Crippen MR) is 131 cm³/mol. The Hall–Kier alpha value is -3.40. The summed E-state index contributed by atoms with van der Waals surface area (Å²) in [4.78, 5) is 25.5. The third-order valence-corrected chi connectivity index (χ3v) is 5.81. The Bertz CT molecular complexity index is 1270. The molecule has 2 N–H and O–H groups in total. The molecule has 1 fully saturated rings. The van der Waals surface area contributed by atoms with Crippen LogP contribution in [0.4, 0.5) is 20.6 Å². The van der Waals surface area contributed by atoms with Crippen molar-refractivity contribution in [3.63, 3.8) is 0 Å². The van der Waals surface area contributed by atoms with E-state index >= 15 is 0 Å². The van der Waals surface area contributed by atoms with Crippen LogP contribution in [0.1, 0.15) is 43.9 Å². The van der Waals surface area contributed by atoms with E-state index in [1.54, 1.807) is 31.4 Å². The van der Waals surface area contributed by atoms with Gasteiger partial charge in [0.2, 0.25) is 15.9 Å². The molecule has 1 saturated heterocycles. The highest BCUT2D eigenvalue weighted by Crippen LogP contribution is 2.39. The van der Waals surface area contributed by atoms with Gasteiger partial charge in [0.15, 0.2) is 0 Å². The Morgan fingerprint density at radius 3 is 2.41 bits per heavy atom. The normalized spacial score (nSPS) is 14.9. The first-order chi connectivity index (χ1) is 15.8. The van der Waals surface area contributed by atoms with E-state index in [-0.39, 0.29) is 30.0 Å². The zero-order valence-electron chi connectivity index (χ0n) is 19.7. The van der Waals surface area contributed by atoms with Gasteiger partial charge in [-0.3, -0.25) is 19.7 Å². The maximum atomic E-state index is 14.4. The van der Waals surface area contributed by atoms with Crippen LogP contribution in [-0.2, 0) is 20.2 Å². The minimum atomic E-state index is -3.60. The number of methoxy groups -OCH3 is 1. The van der Waals surface area contributed by atoms with Gasteiger partial charge in [-0.25, -0.2) is 17.6 Å². The van der Waals surface area contributed by atoms with Crippen LogP contribution in [0.5, 0.6) is 5.75 Å². The van der Waals surface area contributed by atoms with Gasteiger partial charge in [-0.1, -0.05) is 39.0 Å². The van der Waals surface area contributed by atoms with Gasteiger partial charge in [0.1, 0.15) is 11.6 Å². The summed E-state index contributed by atoms with van der Waals surface area (Å²) in [5, 5.41) is 2.33. The molecule has 1 aliphatic heterocycles. The van der Waals surface area contributed by atoms with Crippen LogP contribution in [0.15, 0.2) is 30.3 Å². The summed E-state index contributed by atoms with van der Waals surface area (Å²) in [5.41, 5.74) is 2.16. The van der Waals surface area contributed by atoms with Gasteiger partial charge < -0.3 is 4.74 Å². The van der Waals surface area contributed by atoms with Crippen LogP contribution in [0.3, 0.4) is 0 Å². The number of hydrogen-bond donors (Lipinski definition) is 2. The first-order valence-electron chi connectivity index (χ1n) is 10.6. The molecule has 3 amide bonds. The summed E-state index contributed by atoms with van der Waals surface area (Å²) < 4.78 is 45.0. The van der Waals surface area contributed by atoms with Gasteiger partial charge in [0.25, 0.3) is 0 Å². The van der Waals surface area contributed by atoms with Crippen molar-refractivity contribution in [1.82, 2.24) is 5.32 Å². The monoisotopic (exact) mass is 489 g/mol. The fraction of sp³-hybridized carbons (Fsp3) is 0.333. The topological polar surface area (TPSA) is 105 Å². The lowest BCUT2D eigenvalue weighted by Gasteiger charge is -2.30. The zero-order chi connectivity index (χ0) is 25.3. The molecule has 182 valence electrons. The number of anilines is 2. The van der Waals surface area contributed by atoms with Gasteiger partial charge in [-0.05, 0) is 35.2 Å². The minimum absolute atomic E-state index is 0.139. The van der Waals surface area contributed by atoms with Crippen molar-refractivity contribution in [1.29, 1.82) is 0 Å². The van der Waals surface area contributed by atoms with Gasteiger partial charge in [0, 0.05) is 29.8 Å². The van der Waals surface area contributed by atoms with Gasteiger partial charge in [-0.2, -0.15) is 0 Å². The number of carbonyl (C=O) groups is 2. The van der Waals surface area contributed by atoms with Gasteiger partial charge in [0.05, 0.1) is 19.1 Å². The van der Waals surface area contributed by atoms with E-state index in [1.165, 1.54) is 17.0 Å². The minimum Gasteiger partial charge on any atom is -0.496 e. The zero-order valence-corrected chi connectivity index (χ0v) is 20.5. The number of hydrogen-bond acceptors (Lipinski definition) is 5. The SMILES string of the molecule is COc1c(C=Cc2ccc(NS(C)(=O)=O)c(F)c2)cc(N2CCC(=O)NC2=O)cc1C(C)(C)C. The molecule has 10 heteroatoms. The molecule has 2 aromatic carbocycles. The molecular formula is C24H28FN3O5S. The fourth-order valence-electron chi connectivity index (χ4n) is 3.61. The van der Waals surface area contributed by atoms with E-state index in [2.05, 4.69) is 10.0 Å². The average Bonchev–Trinajstić information content (AvgIpc) is 2.72. The second-order valence-electron chi connectivity index (χ2n) is 9.07. The molecular weight excluding hydrogens is 461 g/mol. The predicted octanol–water partition coefficient (Wildman–Crippen LogP) is 4.12. The largest absolute Gasteiger partial charge is 0.496 e. The number of benzene rings is 2. The van der Waals surface area contributed by atoms with Crippen molar-refractivity contribution < 1.29 is 27.1 Å². The number of nitrogens with one attached hydrogen (secondary N) is 2. The van der Waals surface area contributed by atoms with Gasteiger partial charge >= 0.3 is 6.03 Å². The molecule has 0 unspecified atom stereocenters. The van der Waals surface area contributed by atoms with Crippen LogP contribution < -0.4 is 19.7 Å². The van der Waals surface area contributed by atoms with Crippen molar-refractivity contribution in [2.75, 3.05) is 29.5 Å². The van der Waals surface area contributed by atoms with E-state index in [0.29, 0.717) is 22.6 Å².